The molecule has 5 heteroatoms. The standard InChI is InChI=1S/C15H19N3O2/c1-4-11-5-7-12(8-6-11)10-16-15-17-13(19-2)9-14(18-15)20-3/h5-9H,4,10H2,1-3H3,(H,16,17,18). The molecule has 5 nitrogen and oxygen atoms in total. The molecule has 1 aromatic carbocycles. The minimum atomic E-state index is 0.473. The van der Waals surface area contributed by atoms with Crippen molar-refractivity contribution in [3.8, 4) is 11.8 Å². The van der Waals surface area contributed by atoms with Gasteiger partial charge in [-0.05, 0) is 17.5 Å². The molecule has 0 radical (unpaired) electrons. The van der Waals surface area contributed by atoms with E-state index in [9.17, 15) is 0 Å². The van der Waals surface area contributed by atoms with E-state index in [0.29, 0.717) is 24.3 Å². The van der Waals surface area contributed by atoms with Crippen LogP contribution in [0.5, 0.6) is 11.8 Å². The Morgan fingerprint density at radius 1 is 0.950 bits per heavy atom. The molecule has 0 amide bonds. The lowest BCUT2D eigenvalue weighted by molar-refractivity contribution is 0.373. The Morgan fingerprint density at radius 3 is 2.00 bits per heavy atom. The molecule has 1 heterocycles. The van der Waals surface area contributed by atoms with E-state index in [1.165, 1.54) is 11.1 Å². The van der Waals surface area contributed by atoms with Crippen molar-refractivity contribution in [3.63, 3.8) is 0 Å². The second kappa shape index (κ2) is 6.75. The number of anilines is 1. The van der Waals surface area contributed by atoms with Crippen LogP contribution >= 0.6 is 0 Å². The zero-order valence-corrected chi connectivity index (χ0v) is 12.0. The number of rotatable bonds is 6. The minimum absolute atomic E-state index is 0.473. The Labute approximate surface area is 119 Å². The Hall–Kier alpha value is -2.30. The van der Waals surface area contributed by atoms with Crippen molar-refractivity contribution >= 4 is 5.95 Å². The van der Waals surface area contributed by atoms with E-state index in [4.69, 9.17) is 9.47 Å². The van der Waals surface area contributed by atoms with Crippen molar-refractivity contribution in [3.05, 3.63) is 41.5 Å². The summed E-state index contributed by atoms with van der Waals surface area (Å²) >= 11 is 0. The summed E-state index contributed by atoms with van der Waals surface area (Å²) in [6.07, 6.45) is 1.05. The van der Waals surface area contributed by atoms with Gasteiger partial charge >= 0.3 is 0 Å². The van der Waals surface area contributed by atoms with Gasteiger partial charge in [-0.25, -0.2) is 0 Å². The summed E-state index contributed by atoms with van der Waals surface area (Å²) < 4.78 is 10.2. The summed E-state index contributed by atoms with van der Waals surface area (Å²) in [7, 11) is 3.13. The van der Waals surface area contributed by atoms with Gasteiger partial charge in [-0.1, -0.05) is 31.2 Å². The van der Waals surface area contributed by atoms with Crippen LogP contribution in [0.3, 0.4) is 0 Å². The summed E-state index contributed by atoms with van der Waals surface area (Å²) in [5.74, 6) is 1.43. The Balaban J connectivity index is 2.05. The first-order valence-corrected chi connectivity index (χ1v) is 6.54. The third kappa shape index (κ3) is 3.60. The lowest BCUT2D eigenvalue weighted by Crippen LogP contribution is -2.05. The summed E-state index contributed by atoms with van der Waals surface area (Å²) in [6.45, 7) is 2.80. The Kier molecular flexibility index (Phi) is 4.76. The number of ether oxygens (including phenoxy) is 2. The van der Waals surface area contributed by atoms with Gasteiger partial charge in [0.25, 0.3) is 0 Å². The van der Waals surface area contributed by atoms with E-state index in [0.717, 1.165) is 6.42 Å². The van der Waals surface area contributed by atoms with Crippen LogP contribution in [-0.4, -0.2) is 24.2 Å². The molecule has 2 rings (SSSR count). The normalized spacial score (nSPS) is 10.2. The van der Waals surface area contributed by atoms with Crippen LogP contribution in [0.4, 0.5) is 5.95 Å². The van der Waals surface area contributed by atoms with Crippen molar-refractivity contribution in [2.45, 2.75) is 19.9 Å². The van der Waals surface area contributed by atoms with Crippen molar-refractivity contribution in [1.29, 1.82) is 0 Å². The third-order valence-electron chi connectivity index (χ3n) is 2.98. The van der Waals surface area contributed by atoms with Crippen LogP contribution in [-0.2, 0) is 13.0 Å². The molecule has 0 bridgehead atoms. The predicted molar refractivity (Wildman–Crippen MR) is 78.3 cm³/mol. The molecule has 0 aliphatic rings. The lowest BCUT2D eigenvalue weighted by atomic mass is 10.1. The lowest BCUT2D eigenvalue weighted by Gasteiger charge is -2.08. The van der Waals surface area contributed by atoms with Crippen LogP contribution in [0.15, 0.2) is 30.3 Å². The van der Waals surface area contributed by atoms with Crippen LogP contribution in [0, 0.1) is 0 Å². The van der Waals surface area contributed by atoms with Gasteiger partial charge < -0.3 is 14.8 Å². The number of benzene rings is 1. The first-order chi connectivity index (χ1) is 9.75. The maximum Gasteiger partial charge on any atom is 0.229 e. The summed E-state index contributed by atoms with van der Waals surface area (Å²) in [6, 6.07) is 10.1. The predicted octanol–water partition coefficient (Wildman–Crippen LogP) is 2.67. The molecule has 0 spiro atoms. The van der Waals surface area contributed by atoms with E-state index in [1.807, 2.05) is 0 Å². The van der Waals surface area contributed by atoms with Gasteiger partial charge in [0.15, 0.2) is 0 Å². The van der Waals surface area contributed by atoms with Crippen LogP contribution in [0.25, 0.3) is 0 Å². The van der Waals surface area contributed by atoms with E-state index < -0.39 is 0 Å². The fraction of sp³-hybridized carbons (Fsp3) is 0.333. The van der Waals surface area contributed by atoms with Crippen molar-refractivity contribution < 1.29 is 9.47 Å². The van der Waals surface area contributed by atoms with E-state index in [2.05, 4.69) is 46.5 Å². The van der Waals surface area contributed by atoms with Crippen molar-refractivity contribution in [1.82, 2.24) is 9.97 Å². The molecule has 20 heavy (non-hydrogen) atoms. The highest BCUT2D eigenvalue weighted by atomic mass is 16.5. The number of methoxy groups -OCH3 is 2. The second-order valence-electron chi connectivity index (χ2n) is 4.30. The maximum absolute atomic E-state index is 5.11. The number of aromatic nitrogens is 2. The molecular formula is C15H19N3O2. The molecule has 0 atom stereocenters. The maximum atomic E-state index is 5.11. The topological polar surface area (TPSA) is 56.3 Å². The highest BCUT2D eigenvalue weighted by molar-refractivity contribution is 5.35. The highest BCUT2D eigenvalue weighted by Gasteiger charge is 2.05. The van der Waals surface area contributed by atoms with Gasteiger partial charge in [-0.3, -0.25) is 0 Å². The number of aryl methyl sites for hydroxylation is 1. The van der Waals surface area contributed by atoms with Crippen molar-refractivity contribution in [2.24, 2.45) is 0 Å². The van der Waals surface area contributed by atoms with E-state index in [-0.39, 0.29) is 0 Å². The average molecular weight is 273 g/mol. The number of nitrogens with one attached hydrogen (secondary N) is 1. The molecule has 0 aliphatic carbocycles. The monoisotopic (exact) mass is 273 g/mol. The third-order valence-corrected chi connectivity index (χ3v) is 2.98. The molecule has 2 aromatic rings. The van der Waals surface area contributed by atoms with Gasteiger partial charge in [-0.2, -0.15) is 9.97 Å². The SMILES string of the molecule is CCc1ccc(CNc2nc(OC)cc(OC)n2)cc1. The van der Waals surface area contributed by atoms with Gasteiger partial charge in [0.2, 0.25) is 17.7 Å². The van der Waals surface area contributed by atoms with Crippen molar-refractivity contribution in [2.75, 3.05) is 19.5 Å². The summed E-state index contributed by atoms with van der Waals surface area (Å²) in [5, 5.41) is 3.17. The molecular weight excluding hydrogens is 254 g/mol. The number of nitrogens with zero attached hydrogens (tertiary/aromatic N) is 2. The zero-order chi connectivity index (χ0) is 14.4. The molecule has 0 fully saturated rings. The summed E-state index contributed by atoms with van der Waals surface area (Å²) in [4.78, 5) is 8.45. The zero-order valence-electron chi connectivity index (χ0n) is 12.0. The van der Waals surface area contributed by atoms with Crippen LogP contribution in [0.1, 0.15) is 18.1 Å². The van der Waals surface area contributed by atoms with Gasteiger partial charge in [-0.15, -0.1) is 0 Å². The molecule has 0 saturated carbocycles. The second-order valence-corrected chi connectivity index (χ2v) is 4.30. The van der Waals surface area contributed by atoms with Gasteiger partial charge in [0.05, 0.1) is 20.3 Å². The molecule has 0 aliphatic heterocycles. The fourth-order valence-corrected chi connectivity index (χ4v) is 1.77. The molecule has 106 valence electrons. The van der Waals surface area contributed by atoms with Crippen LogP contribution < -0.4 is 14.8 Å². The Morgan fingerprint density at radius 2 is 1.50 bits per heavy atom. The number of hydrogen-bond acceptors (Lipinski definition) is 5. The van der Waals surface area contributed by atoms with Crippen LogP contribution in [0.2, 0.25) is 0 Å². The van der Waals surface area contributed by atoms with E-state index >= 15 is 0 Å². The summed E-state index contributed by atoms with van der Waals surface area (Å²) in [5.41, 5.74) is 2.50. The van der Waals surface area contributed by atoms with Gasteiger partial charge in [0.1, 0.15) is 0 Å². The fourth-order valence-electron chi connectivity index (χ4n) is 1.77. The van der Waals surface area contributed by atoms with Gasteiger partial charge in [0, 0.05) is 6.54 Å². The first kappa shape index (κ1) is 14.1. The molecule has 1 N–H and O–H groups in total. The Bertz CT molecular complexity index is 533. The average Bonchev–Trinajstić information content (AvgIpc) is 2.53. The molecule has 0 saturated heterocycles. The highest BCUT2D eigenvalue weighted by Crippen LogP contribution is 2.17. The minimum Gasteiger partial charge on any atom is -0.481 e. The quantitative estimate of drug-likeness (QED) is 0.877. The smallest absolute Gasteiger partial charge is 0.229 e. The van der Waals surface area contributed by atoms with E-state index in [1.54, 1.807) is 20.3 Å². The first-order valence-electron chi connectivity index (χ1n) is 6.54. The molecule has 0 unspecified atom stereocenters. The molecule has 1 aromatic heterocycles. The largest absolute Gasteiger partial charge is 0.481 e. The number of hydrogen-bond donors (Lipinski definition) is 1.